The van der Waals surface area contributed by atoms with Gasteiger partial charge >= 0.3 is 0 Å². The van der Waals surface area contributed by atoms with Crippen LogP contribution in [0.15, 0.2) is 0 Å². The molecule has 0 bridgehead atoms. The van der Waals surface area contributed by atoms with Crippen LogP contribution in [0.1, 0.15) is 38.3 Å². The molecule has 1 atom stereocenters. The molecule has 2 rings (SSSR count). The summed E-state index contributed by atoms with van der Waals surface area (Å²) in [4.78, 5) is 4.43. The minimum absolute atomic E-state index is 0.325. The first-order chi connectivity index (χ1) is 8.12. The zero-order chi connectivity index (χ0) is 12.5. The molecule has 0 aromatic carbocycles. The van der Waals surface area contributed by atoms with Crippen LogP contribution in [0.25, 0.3) is 0 Å². The summed E-state index contributed by atoms with van der Waals surface area (Å²) in [6, 6.07) is 2.26. The lowest BCUT2D eigenvalue weighted by atomic mass is 9.96. The summed E-state index contributed by atoms with van der Waals surface area (Å²) < 4.78 is 1.82. The molecule has 5 nitrogen and oxygen atoms in total. The summed E-state index contributed by atoms with van der Waals surface area (Å²) in [7, 11) is 0. The molecule has 0 saturated heterocycles. The first-order valence-corrected chi connectivity index (χ1v) is 6.25. The van der Waals surface area contributed by atoms with Gasteiger partial charge in [-0.2, -0.15) is 10.4 Å². The Labute approximate surface area is 102 Å². The molecule has 0 aliphatic heterocycles. The maximum absolute atomic E-state index is 9.25. The van der Waals surface area contributed by atoms with E-state index in [9.17, 15) is 5.26 Å². The third-order valence-corrected chi connectivity index (χ3v) is 3.35. The molecule has 17 heavy (non-hydrogen) atoms. The zero-order valence-electron chi connectivity index (χ0n) is 10.5. The topological polar surface area (TPSA) is 80.5 Å². The van der Waals surface area contributed by atoms with Gasteiger partial charge in [0.05, 0.1) is 12.6 Å². The number of aromatic nitrogens is 3. The van der Waals surface area contributed by atoms with Gasteiger partial charge in [0.1, 0.15) is 11.4 Å². The number of nitrogens with two attached hydrogens (primary N) is 1. The quantitative estimate of drug-likeness (QED) is 0.823. The van der Waals surface area contributed by atoms with Crippen LogP contribution in [0, 0.1) is 17.2 Å². The first-order valence-electron chi connectivity index (χ1n) is 6.25. The van der Waals surface area contributed by atoms with Crippen LogP contribution in [0.3, 0.4) is 0 Å². The highest BCUT2D eigenvalue weighted by Crippen LogP contribution is 2.38. The van der Waals surface area contributed by atoms with Gasteiger partial charge in [0, 0.05) is 12.8 Å². The molecule has 5 heteroatoms. The lowest BCUT2D eigenvalue weighted by Crippen LogP contribution is -2.45. The van der Waals surface area contributed by atoms with Gasteiger partial charge in [-0.1, -0.05) is 13.8 Å². The lowest BCUT2D eigenvalue weighted by molar-refractivity contribution is 0.376. The van der Waals surface area contributed by atoms with Crippen molar-refractivity contribution < 1.29 is 0 Å². The van der Waals surface area contributed by atoms with Gasteiger partial charge < -0.3 is 5.73 Å². The molecule has 1 aliphatic rings. The summed E-state index contributed by atoms with van der Waals surface area (Å²) >= 11 is 0. The molecule has 92 valence electrons. The van der Waals surface area contributed by atoms with Crippen LogP contribution in [0.4, 0.5) is 0 Å². The highest BCUT2D eigenvalue weighted by Gasteiger charge is 2.43. The Morgan fingerprint density at radius 1 is 1.47 bits per heavy atom. The highest BCUT2D eigenvalue weighted by molar-refractivity contribution is 5.13. The van der Waals surface area contributed by atoms with Crippen molar-refractivity contribution in [3.8, 4) is 6.07 Å². The van der Waals surface area contributed by atoms with Gasteiger partial charge in [-0.05, 0) is 18.8 Å². The van der Waals surface area contributed by atoms with E-state index in [1.54, 1.807) is 0 Å². The molecular formula is C12H19N5. The normalized spacial score (nSPS) is 18.7. The Kier molecular flexibility index (Phi) is 3.16. The number of aryl methyl sites for hydroxylation is 2. The van der Waals surface area contributed by atoms with E-state index in [4.69, 9.17) is 5.73 Å². The van der Waals surface area contributed by atoms with E-state index in [0.29, 0.717) is 12.5 Å². The van der Waals surface area contributed by atoms with Crippen molar-refractivity contribution in [1.29, 1.82) is 5.26 Å². The van der Waals surface area contributed by atoms with Gasteiger partial charge in [-0.3, -0.25) is 0 Å². The molecule has 1 aromatic rings. The van der Waals surface area contributed by atoms with Crippen LogP contribution >= 0.6 is 0 Å². The van der Waals surface area contributed by atoms with Crippen molar-refractivity contribution in [2.24, 2.45) is 11.7 Å². The Morgan fingerprint density at radius 2 is 2.18 bits per heavy atom. The van der Waals surface area contributed by atoms with E-state index < -0.39 is 5.54 Å². The third kappa shape index (κ3) is 2.32. The largest absolute Gasteiger partial charge is 0.312 e. The SMILES string of the molecule is CCc1nc(CC)n(CC(N)(C#N)C2CC2)n1. The van der Waals surface area contributed by atoms with Crippen molar-refractivity contribution in [2.45, 2.75) is 51.6 Å². The second-order valence-corrected chi connectivity index (χ2v) is 4.74. The Hall–Kier alpha value is -1.41. The molecule has 1 aromatic heterocycles. The van der Waals surface area contributed by atoms with Gasteiger partial charge in [0.15, 0.2) is 5.82 Å². The fraction of sp³-hybridized carbons (Fsp3) is 0.750. The van der Waals surface area contributed by atoms with E-state index in [2.05, 4.69) is 16.2 Å². The predicted octanol–water partition coefficient (Wildman–Crippen LogP) is 1.03. The third-order valence-electron chi connectivity index (χ3n) is 3.35. The summed E-state index contributed by atoms with van der Waals surface area (Å²) in [5, 5.41) is 13.7. The molecule has 1 unspecified atom stereocenters. The Morgan fingerprint density at radius 3 is 2.65 bits per heavy atom. The lowest BCUT2D eigenvalue weighted by Gasteiger charge is -2.21. The van der Waals surface area contributed by atoms with Crippen LogP contribution in [0.2, 0.25) is 0 Å². The van der Waals surface area contributed by atoms with E-state index in [1.807, 2.05) is 18.5 Å². The van der Waals surface area contributed by atoms with Crippen molar-refractivity contribution in [3.63, 3.8) is 0 Å². The van der Waals surface area contributed by atoms with Crippen molar-refractivity contribution in [1.82, 2.24) is 14.8 Å². The first kappa shape index (κ1) is 12.1. The number of rotatable bonds is 5. The zero-order valence-corrected chi connectivity index (χ0v) is 10.5. The summed E-state index contributed by atoms with van der Waals surface area (Å²) in [6.07, 6.45) is 3.74. The number of nitriles is 1. The average molecular weight is 233 g/mol. The monoisotopic (exact) mass is 233 g/mol. The number of nitrogens with zero attached hydrogens (tertiary/aromatic N) is 4. The van der Waals surface area contributed by atoms with Gasteiger partial charge in [-0.15, -0.1) is 0 Å². The van der Waals surface area contributed by atoms with E-state index in [-0.39, 0.29) is 0 Å². The van der Waals surface area contributed by atoms with Crippen LogP contribution in [-0.2, 0) is 19.4 Å². The molecule has 2 N–H and O–H groups in total. The fourth-order valence-electron chi connectivity index (χ4n) is 2.07. The van der Waals surface area contributed by atoms with Crippen LogP contribution in [0.5, 0.6) is 0 Å². The molecule has 1 aliphatic carbocycles. The summed E-state index contributed by atoms with van der Waals surface area (Å²) in [5.74, 6) is 2.08. The highest BCUT2D eigenvalue weighted by atomic mass is 15.4. The minimum atomic E-state index is -0.775. The second kappa shape index (κ2) is 4.46. The van der Waals surface area contributed by atoms with Crippen LogP contribution in [-0.4, -0.2) is 20.3 Å². The maximum Gasteiger partial charge on any atom is 0.150 e. The molecule has 0 spiro atoms. The predicted molar refractivity (Wildman–Crippen MR) is 64.0 cm³/mol. The summed E-state index contributed by atoms with van der Waals surface area (Å²) in [6.45, 7) is 4.53. The second-order valence-electron chi connectivity index (χ2n) is 4.74. The van der Waals surface area contributed by atoms with Crippen molar-refractivity contribution in [3.05, 3.63) is 11.6 Å². The summed E-state index contributed by atoms with van der Waals surface area (Å²) in [5.41, 5.74) is 5.38. The van der Waals surface area contributed by atoms with Gasteiger partial charge in [0.25, 0.3) is 0 Å². The molecule has 1 saturated carbocycles. The molecule has 1 fully saturated rings. The Balaban J connectivity index is 2.22. The number of hydrogen-bond donors (Lipinski definition) is 1. The van der Waals surface area contributed by atoms with Crippen molar-refractivity contribution >= 4 is 0 Å². The van der Waals surface area contributed by atoms with Gasteiger partial charge in [0.2, 0.25) is 0 Å². The molecular weight excluding hydrogens is 214 g/mol. The smallest absolute Gasteiger partial charge is 0.150 e. The Bertz CT molecular complexity index is 440. The van der Waals surface area contributed by atoms with E-state index >= 15 is 0 Å². The van der Waals surface area contributed by atoms with E-state index in [1.165, 1.54) is 0 Å². The molecule has 0 radical (unpaired) electrons. The number of hydrogen-bond acceptors (Lipinski definition) is 4. The van der Waals surface area contributed by atoms with Crippen LogP contribution < -0.4 is 5.73 Å². The fourth-order valence-corrected chi connectivity index (χ4v) is 2.07. The molecule has 1 heterocycles. The van der Waals surface area contributed by atoms with Crippen molar-refractivity contribution in [2.75, 3.05) is 0 Å². The standard InChI is InChI=1S/C12H19N5/c1-3-10-15-11(4-2)17(16-10)8-12(14,7-13)9-5-6-9/h9H,3-6,8,14H2,1-2H3. The van der Waals surface area contributed by atoms with E-state index in [0.717, 1.165) is 37.3 Å². The van der Waals surface area contributed by atoms with Gasteiger partial charge in [-0.25, -0.2) is 9.67 Å². The molecule has 0 amide bonds. The average Bonchev–Trinajstić information content (AvgIpc) is 3.12. The maximum atomic E-state index is 9.25. The minimum Gasteiger partial charge on any atom is -0.312 e.